The molecule has 0 bridgehead atoms. The van der Waals surface area contributed by atoms with Crippen LogP contribution in [0.25, 0.3) is 0 Å². The summed E-state index contributed by atoms with van der Waals surface area (Å²) in [4.78, 5) is 15.0. The number of rotatable bonds is 12. The van der Waals surface area contributed by atoms with Crippen LogP contribution in [-0.2, 0) is 25.6 Å². The lowest BCUT2D eigenvalue weighted by Gasteiger charge is -2.32. The Bertz CT molecular complexity index is 808. The molecule has 1 unspecified atom stereocenters. The van der Waals surface area contributed by atoms with Crippen LogP contribution < -0.4 is 20.3 Å². The second-order valence-corrected chi connectivity index (χ2v) is 10.5. The van der Waals surface area contributed by atoms with E-state index in [0.717, 1.165) is 103 Å². The zero-order valence-electron chi connectivity index (χ0n) is 22.1. The average Bonchev–Trinajstić information content (AvgIpc) is 2.92. The van der Waals surface area contributed by atoms with E-state index >= 15 is 0 Å². The maximum Gasteiger partial charge on any atom is 0.222 e. The Balaban J connectivity index is 1.16. The molecular weight excluding hydrogens is 458 g/mol. The molecule has 0 saturated carbocycles. The number of hydrogen-bond acceptors (Lipinski definition) is 7. The third kappa shape index (κ3) is 8.07. The molecule has 3 aliphatic rings. The summed E-state index contributed by atoms with van der Waals surface area (Å²) < 4.78 is 22.8. The molecule has 3 atom stereocenters. The fourth-order valence-corrected chi connectivity index (χ4v) is 5.39. The van der Waals surface area contributed by atoms with E-state index in [0.29, 0.717) is 18.6 Å². The van der Waals surface area contributed by atoms with Gasteiger partial charge in [0.15, 0.2) is 0 Å². The number of hydrogen-bond donors (Lipinski definition) is 2. The lowest BCUT2D eigenvalue weighted by molar-refractivity contribution is -0.125. The standard InChI is InChI=1S/C28H45N3O5/c1-21(28(32)30-18-22-8-13-34-14-9-22)16-24-5-6-25(19-29-24)36-20-23-4-7-27-26(17-23)31(11-15-35-27)10-3-12-33-2/h4,7,17,21-22,24-25,29H,3,5-6,8-16,18-20H2,1-2H3,(H,30,32)/t21?,24-,25+/m0/s1. The third-order valence-electron chi connectivity index (χ3n) is 7.71. The minimum atomic E-state index is 0.0179. The molecule has 0 aromatic heterocycles. The highest BCUT2D eigenvalue weighted by Gasteiger charge is 2.26. The lowest BCUT2D eigenvalue weighted by atomic mass is 9.93. The van der Waals surface area contributed by atoms with Crippen LogP contribution >= 0.6 is 0 Å². The molecule has 1 amide bonds. The van der Waals surface area contributed by atoms with E-state index in [4.69, 9.17) is 18.9 Å². The molecule has 2 N–H and O–H groups in total. The monoisotopic (exact) mass is 503 g/mol. The Labute approximate surface area is 216 Å². The summed E-state index contributed by atoms with van der Waals surface area (Å²) >= 11 is 0. The van der Waals surface area contributed by atoms with Gasteiger partial charge in [-0.15, -0.1) is 0 Å². The highest BCUT2D eigenvalue weighted by molar-refractivity contribution is 5.78. The second-order valence-electron chi connectivity index (χ2n) is 10.5. The van der Waals surface area contributed by atoms with Crippen molar-refractivity contribution in [2.75, 3.05) is 64.6 Å². The van der Waals surface area contributed by atoms with Gasteiger partial charge in [-0.1, -0.05) is 13.0 Å². The fourth-order valence-electron chi connectivity index (χ4n) is 5.39. The number of carbonyl (C=O) groups is 1. The van der Waals surface area contributed by atoms with Crippen LogP contribution in [0.3, 0.4) is 0 Å². The molecule has 3 heterocycles. The predicted octanol–water partition coefficient (Wildman–Crippen LogP) is 3.13. The van der Waals surface area contributed by atoms with Gasteiger partial charge in [0.05, 0.1) is 24.9 Å². The van der Waals surface area contributed by atoms with Gasteiger partial charge in [-0.05, 0) is 62.1 Å². The van der Waals surface area contributed by atoms with Crippen molar-refractivity contribution in [3.05, 3.63) is 23.8 Å². The fraction of sp³-hybridized carbons (Fsp3) is 0.750. The van der Waals surface area contributed by atoms with Crippen LogP contribution in [0.5, 0.6) is 5.75 Å². The predicted molar refractivity (Wildman–Crippen MR) is 141 cm³/mol. The molecular formula is C28H45N3O5. The minimum absolute atomic E-state index is 0.0179. The Hall–Kier alpha value is -1.87. The van der Waals surface area contributed by atoms with Gasteiger partial charge in [-0.25, -0.2) is 0 Å². The second kappa shape index (κ2) is 14.2. The lowest BCUT2D eigenvalue weighted by Crippen LogP contribution is -2.45. The van der Waals surface area contributed by atoms with E-state index in [1.165, 1.54) is 5.56 Å². The van der Waals surface area contributed by atoms with E-state index < -0.39 is 0 Å². The van der Waals surface area contributed by atoms with E-state index in [1.54, 1.807) is 7.11 Å². The Morgan fingerprint density at radius 3 is 2.86 bits per heavy atom. The highest BCUT2D eigenvalue weighted by Crippen LogP contribution is 2.33. The van der Waals surface area contributed by atoms with Crippen molar-refractivity contribution in [1.82, 2.24) is 10.6 Å². The van der Waals surface area contributed by atoms with E-state index in [1.807, 2.05) is 6.92 Å². The first-order valence-corrected chi connectivity index (χ1v) is 13.8. The molecule has 0 aliphatic carbocycles. The first kappa shape index (κ1) is 27.2. The topological polar surface area (TPSA) is 81.3 Å². The number of fused-ring (bicyclic) bond motifs is 1. The molecule has 3 aliphatic heterocycles. The van der Waals surface area contributed by atoms with Crippen LogP contribution in [0.15, 0.2) is 18.2 Å². The van der Waals surface area contributed by atoms with Crippen molar-refractivity contribution in [1.29, 1.82) is 0 Å². The normalized spacial score (nSPS) is 23.6. The number of benzene rings is 1. The van der Waals surface area contributed by atoms with Gasteiger partial charge in [0.25, 0.3) is 0 Å². The van der Waals surface area contributed by atoms with E-state index in [9.17, 15) is 4.79 Å². The zero-order chi connectivity index (χ0) is 25.2. The number of ether oxygens (including phenoxy) is 4. The third-order valence-corrected chi connectivity index (χ3v) is 7.71. The quantitative estimate of drug-likeness (QED) is 0.424. The molecule has 36 heavy (non-hydrogen) atoms. The molecule has 2 saturated heterocycles. The largest absolute Gasteiger partial charge is 0.490 e. The van der Waals surface area contributed by atoms with Crippen LogP contribution in [0.2, 0.25) is 0 Å². The Morgan fingerprint density at radius 1 is 1.22 bits per heavy atom. The van der Waals surface area contributed by atoms with Crippen molar-refractivity contribution < 1.29 is 23.7 Å². The van der Waals surface area contributed by atoms with E-state index in [-0.39, 0.29) is 17.9 Å². The SMILES string of the molecule is COCCCN1CCOc2ccc(CO[C@@H]3CC[C@@H](CC(C)C(=O)NCC4CCOCC4)NC3)cc21. The summed E-state index contributed by atoms with van der Waals surface area (Å²) in [5.74, 6) is 1.70. The van der Waals surface area contributed by atoms with Gasteiger partial charge in [0, 0.05) is 58.5 Å². The van der Waals surface area contributed by atoms with Gasteiger partial charge < -0.3 is 34.5 Å². The smallest absolute Gasteiger partial charge is 0.222 e. The summed E-state index contributed by atoms with van der Waals surface area (Å²) in [6, 6.07) is 6.76. The number of anilines is 1. The molecule has 2 fully saturated rings. The van der Waals surface area contributed by atoms with Gasteiger partial charge >= 0.3 is 0 Å². The number of nitrogens with one attached hydrogen (secondary N) is 2. The van der Waals surface area contributed by atoms with Crippen molar-refractivity contribution in [2.45, 2.75) is 64.2 Å². The maximum atomic E-state index is 12.6. The molecule has 1 aromatic carbocycles. The summed E-state index contributed by atoms with van der Waals surface area (Å²) in [5, 5.41) is 6.78. The Kier molecular flexibility index (Phi) is 10.7. The van der Waals surface area contributed by atoms with Crippen molar-refractivity contribution >= 4 is 11.6 Å². The van der Waals surface area contributed by atoms with Crippen molar-refractivity contribution in [2.24, 2.45) is 11.8 Å². The average molecular weight is 504 g/mol. The van der Waals surface area contributed by atoms with Crippen LogP contribution in [0.4, 0.5) is 5.69 Å². The van der Waals surface area contributed by atoms with Crippen LogP contribution in [0.1, 0.15) is 51.0 Å². The first-order chi connectivity index (χ1) is 17.6. The summed E-state index contributed by atoms with van der Waals surface area (Å²) in [6.45, 7) is 9.25. The number of piperidine rings is 1. The summed E-state index contributed by atoms with van der Waals surface area (Å²) in [5.41, 5.74) is 2.33. The number of amides is 1. The number of methoxy groups -OCH3 is 1. The van der Waals surface area contributed by atoms with Crippen LogP contribution in [0, 0.1) is 11.8 Å². The summed E-state index contributed by atoms with van der Waals surface area (Å²) in [6.07, 6.45) is 6.22. The first-order valence-electron chi connectivity index (χ1n) is 13.8. The van der Waals surface area contributed by atoms with Crippen molar-refractivity contribution in [3.8, 4) is 5.75 Å². The highest BCUT2D eigenvalue weighted by atomic mass is 16.5. The molecule has 8 nitrogen and oxygen atoms in total. The maximum absolute atomic E-state index is 12.6. The van der Waals surface area contributed by atoms with Gasteiger partial charge in [-0.3, -0.25) is 4.79 Å². The minimum Gasteiger partial charge on any atom is -0.490 e. The molecule has 0 radical (unpaired) electrons. The zero-order valence-corrected chi connectivity index (χ0v) is 22.1. The number of nitrogens with zero attached hydrogens (tertiary/aromatic N) is 1. The molecule has 1 aromatic rings. The van der Waals surface area contributed by atoms with E-state index in [2.05, 4.69) is 33.7 Å². The molecule has 4 rings (SSSR count). The van der Waals surface area contributed by atoms with Crippen LogP contribution in [-0.4, -0.2) is 77.8 Å². The Morgan fingerprint density at radius 2 is 2.08 bits per heavy atom. The summed E-state index contributed by atoms with van der Waals surface area (Å²) in [7, 11) is 1.75. The van der Waals surface area contributed by atoms with Gasteiger partial charge in [0.1, 0.15) is 12.4 Å². The van der Waals surface area contributed by atoms with Gasteiger partial charge in [-0.2, -0.15) is 0 Å². The molecule has 8 heteroatoms. The molecule has 0 spiro atoms. The van der Waals surface area contributed by atoms with Gasteiger partial charge in [0.2, 0.25) is 5.91 Å². The van der Waals surface area contributed by atoms with Crippen molar-refractivity contribution in [3.63, 3.8) is 0 Å². The number of carbonyl (C=O) groups excluding carboxylic acids is 1. The molecule has 202 valence electrons.